The summed E-state index contributed by atoms with van der Waals surface area (Å²) in [5, 5.41) is 1.04. The van der Waals surface area contributed by atoms with Gasteiger partial charge in [-0.2, -0.15) is 0 Å². The lowest BCUT2D eigenvalue weighted by Gasteiger charge is -2.11. The molecule has 1 aromatic carbocycles. The van der Waals surface area contributed by atoms with Crippen LogP contribution in [0.25, 0.3) is 10.9 Å². The number of carbonyl (C=O) groups excluding carboxylic acids is 1. The van der Waals surface area contributed by atoms with Crippen molar-refractivity contribution in [2.45, 2.75) is 0 Å². The van der Waals surface area contributed by atoms with Crippen molar-refractivity contribution in [1.29, 1.82) is 0 Å². The average molecular weight is 252 g/mol. The van der Waals surface area contributed by atoms with E-state index in [-0.39, 0.29) is 0 Å². The Bertz CT molecular complexity index is 583. The topological polar surface area (TPSA) is 48.4 Å². The largest absolute Gasteiger partial charge is 0.496 e. The van der Waals surface area contributed by atoms with Crippen molar-refractivity contribution in [3.8, 4) is 11.5 Å². The van der Waals surface area contributed by atoms with Gasteiger partial charge < -0.3 is 9.47 Å². The Morgan fingerprint density at radius 1 is 1.24 bits per heavy atom. The van der Waals surface area contributed by atoms with Crippen molar-refractivity contribution >= 4 is 28.8 Å². The van der Waals surface area contributed by atoms with Gasteiger partial charge in [-0.25, -0.2) is 4.98 Å². The summed E-state index contributed by atoms with van der Waals surface area (Å²) in [7, 11) is 3.03. The van der Waals surface area contributed by atoms with Crippen LogP contribution in [0.3, 0.4) is 0 Å². The molecule has 5 heteroatoms. The zero-order valence-corrected chi connectivity index (χ0v) is 10.1. The number of hydrogen-bond donors (Lipinski definition) is 0. The molecule has 88 valence electrons. The molecular weight excluding hydrogens is 242 g/mol. The van der Waals surface area contributed by atoms with Gasteiger partial charge >= 0.3 is 0 Å². The standard InChI is InChI=1S/C12H10ClNO3/c1-16-9-5-10(17-2)8(6-15)12-7(9)3-4-11(13)14-12/h3-6H,1-2H3. The summed E-state index contributed by atoms with van der Waals surface area (Å²) >= 11 is 5.83. The van der Waals surface area contributed by atoms with E-state index in [0.29, 0.717) is 34.0 Å². The molecule has 0 amide bonds. The summed E-state index contributed by atoms with van der Waals surface area (Å²) in [6.07, 6.45) is 0.698. The first-order chi connectivity index (χ1) is 8.21. The van der Waals surface area contributed by atoms with Crippen molar-refractivity contribution in [3.05, 3.63) is 28.9 Å². The summed E-state index contributed by atoms with van der Waals surface area (Å²) in [6, 6.07) is 5.06. The molecule has 0 aliphatic carbocycles. The zero-order valence-electron chi connectivity index (χ0n) is 9.36. The molecule has 1 heterocycles. The number of pyridine rings is 1. The molecule has 0 N–H and O–H groups in total. The van der Waals surface area contributed by atoms with Crippen molar-refractivity contribution in [2.75, 3.05) is 14.2 Å². The lowest BCUT2D eigenvalue weighted by atomic mass is 10.1. The van der Waals surface area contributed by atoms with E-state index in [1.807, 2.05) is 0 Å². The molecule has 0 saturated heterocycles. The number of fused-ring (bicyclic) bond motifs is 1. The Morgan fingerprint density at radius 3 is 2.53 bits per heavy atom. The van der Waals surface area contributed by atoms with Gasteiger partial charge in [-0.1, -0.05) is 11.6 Å². The molecule has 1 aromatic heterocycles. The first-order valence-electron chi connectivity index (χ1n) is 4.87. The van der Waals surface area contributed by atoms with E-state index in [9.17, 15) is 4.79 Å². The molecule has 2 aromatic rings. The fourth-order valence-electron chi connectivity index (χ4n) is 1.68. The van der Waals surface area contributed by atoms with E-state index >= 15 is 0 Å². The Morgan fingerprint density at radius 2 is 1.94 bits per heavy atom. The zero-order chi connectivity index (χ0) is 12.4. The highest BCUT2D eigenvalue weighted by Crippen LogP contribution is 2.34. The Hall–Kier alpha value is -1.81. The predicted molar refractivity (Wildman–Crippen MR) is 65.2 cm³/mol. The smallest absolute Gasteiger partial charge is 0.156 e. The fraction of sp³-hybridized carbons (Fsp3) is 0.167. The molecule has 0 spiro atoms. The number of methoxy groups -OCH3 is 2. The van der Waals surface area contributed by atoms with Crippen molar-refractivity contribution in [3.63, 3.8) is 0 Å². The molecule has 0 atom stereocenters. The first kappa shape index (κ1) is 11.7. The molecule has 0 aliphatic rings. The number of rotatable bonds is 3. The second kappa shape index (κ2) is 4.59. The summed E-state index contributed by atoms with van der Waals surface area (Å²) in [4.78, 5) is 15.2. The minimum Gasteiger partial charge on any atom is -0.496 e. The number of aldehydes is 1. The van der Waals surface area contributed by atoms with E-state index in [2.05, 4.69) is 4.98 Å². The van der Waals surface area contributed by atoms with Gasteiger partial charge in [0.25, 0.3) is 0 Å². The third kappa shape index (κ3) is 1.91. The number of hydrogen-bond acceptors (Lipinski definition) is 4. The van der Waals surface area contributed by atoms with Gasteiger partial charge in [0.2, 0.25) is 0 Å². The molecule has 0 bridgehead atoms. The Kier molecular flexibility index (Phi) is 3.15. The average Bonchev–Trinajstić information content (AvgIpc) is 2.36. The van der Waals surface area contributed by atoms with Crippen LogP contribution in [0.4, 0.5) is 0 Å². The van der Waals surface area contributed by atoms with Crippen LogP contribution in [0.15, 0.2) is 18.2 Å². The normalized spacial score (nSPS) is 10.3. The van der Waals surface area contributed by atoms with Crippen LogP contribution in [0.5, 0.6) is 11.5 Å². The van der Waals surface area contributed by atoms with Crippen LogP contribution < -0.4 is 9.47 Å². The van der Waals surface area contributed by atoms with E-state index in [1.165, 1.54) is 7.11 Å². The third-order valence-electron chi connectivity index (χ3n) is 2.47. The molecule has 0 aliphatic heterocycles. The molecule has 17 heavy (non-hydrogen) atoms. The van der Waals surface area contributed by atoms with E-state index in [0.717, 1.165) is 5.39 Å². The van der Waals surface area contributed by atoms with Gasteiger partial charge in [0.1, 0.15) is 16.7 Å². The van der Waals surface area contributed by atoms with Crippen LogP contribution >= 0.6 is 11.6 Å². The minimum absolute atomic E-state index is 0.316. The highest BCUT2D eigenvalue weighted by Gasteiger charge is 2.14. The van der Waals surface area contributed by atoms with E-state index < -0.39 is 0 Å². The van der Waals surface area contributed by atoms with E-state index in [4.69, 9.17) is 21.1 Å². The number of benzene rings is 1. The van der Waals surface area contributed by atoms with Crippen molar-refractivity contribution < 1.29 is 14.3 Å². The van der Waals surface area contributed by atoms with Gasteiger partial charge in [0.05, 0.1) is 25.3 Å². The first-order valence-corrected chi connectivity index (χ1v) is 5.25. The van der Waals surface area contributed by atoms with Crippen molar-refractivity contribution in [1.82, 2.24) is 4.98 Å². The second-order valence-electron chi connectivity index (χ2n) is 3.34. The molecule has 2 rings (SSSR count). The van der Waals surface area contributed by atoms with Gasteiger partial charge in [-0.15, -0.1) is 0 Å². The van der Waals surface area contributed by atoms with Gasteiger partial charge in [-0.3, -0.25) is 4.79 Å². The van der Waals surface area contributed by atoms with Crippen LogP contribution in [0.2, 0.25) is 5.15 Å². The van der Waals surface area contributed by atoms with Crippen LogP contribution in [-0.4, -0.2) is 25.5 Å². The number of carbonyl (C=O) groups is 1. The Balaban J connectivity index is 2.91. The maximum atomic E-state index is 11.1. The van der Waals surface area contributed by atoms with Gasteiger partial charge in [0.15, 0.2) is 6.29 Å². The monoisotopic (exact) mass is 251 g/mol. The van der Waals surface area contributed by atoms with Gasteiger partial charge in [0, 0.05) is 11.5 Å². The number of halogens is 1. The van der Waals surface area contributed by atoms with Crippen LogP contribution in [-0.2, 0) is 0 Å². The summed E-state index contributed by atoms with van der Waals surface area (Å²) in [5.41, 5.74) is 0.842. The summed E-state index contributed by atoms with van der Waals surface area (Å²) < 4.78 is 10.4. The van der Waals surface area contributed by atoms with Crippen molar-refractivity contribution in [2.24, 2.45) is 0 Å². The van der Waals surface area contributed by atoms with Crippen LogP contribution in [0, 0.1) is 0 Å². The van der Waals surface area contributed by atoms with E-state index in [1.54, 1.807) is 25.3 Å². The summed E-state index contributed by atoms with van der Waals surface area (Å²) in [6.45, 7) is 0. The van der Waals surface area contributed by atoms with Gasteiger partial charge in [-0.05, 0) is 12.1 Å². The minimum atomic E-state index is 0.316. The SMILES string of the molecule is COc1cc(OC)c2ccc(Cl)nc2c1C=O. The molecule has 0 saturated carbocycles. The summed E-state index contributed by atoms with van der Waals surface area (Å²) in [5.74, 6) is 1.01. The second-order valence-corrected chi connectivity index (χ2v) is 3.73. The lowest BCUT2D eigenvalue weighted by molar-refractivity contribution is 0.112. The maximum absolute atomic E-state index is 11.1. The fourth-order valence-corrected chi connectivity index (χ4v) is 1.83. The quantitative estimate of drug-likeness (QED) is 0.622. The molecular formula is C12H10ClNO3. The molecule has 0 radical (unpaired) electrons. The number of aromatic nitrogens is 1. The lowest BCUT2D eigenvalue weighted by Crippen LogP contribution is -1.97. The predicted octanol–water partition coefficient (Wildman–Crippen LogP) is 2.72. The van der Waals surface area contributed by atoms with Crippen LogP contribution in [0.1, 0.15) is 10.4 Å². The third-order valence-corrected chi connectivity index (χ3v) is 2.68. The molecule has 4 nitrogen and oxygen atoms in total. The highest BCUT2D eigenvalue weighted by molar-refractivity contribution is 6.30. The number of ether oxygens (including phenoxy) is 2. The molecule has 0 fully saturated rings. The maximum Gasteiger partial charge on any atom is 0.156 e. The number of nitrogens with zero attached hydrogens (tertiary/aromatic N) is 1. The highest BCUT2D eigenvalue weighted by atomic mass is 35.5. The Labute approximate surface area is 103 Å². The molecule has 0 unspecified atom stereocenters.